The smallest absolute Gasteiger partial charge is 0.443 e. The van der Waals surface area contributed by atoms with E-state index in [1.54, 1.807) is 7.11 Å². The number of allylic oxidation sites excluding steroid dienone is 1. The van der Waals surface area contributed by atoms with Crippen LogP contribution in [0.1, 0.15) is 66.2 Å². The zero-order valence-corrected chi connectivity index (χ0v) is 23.0. The van der Waals surface area contributed by atoms with Crippen molar-refractivity contribution in [3.8, 4) is 0 Å². The number of unbranched alkanes of at least 4 members (excludes halogenated alkanes) is 3. The number of methoxy groups -OCH3 is 1. The van der Waals surface area contributed by atoms with Crippen LogP contribution in [0.15, 0.2) is 11.6 Å². The first-order valence-electron chi connectivity index (χ1n) is 13.2. The highest BCUT2D eigenvalue weighted by atomic mass is 19.1. The zero-order valence-electron chi connectivity index (χ0n) is 23.0. The van der Waals surface area contributed by atoms with Gasteiger partial charge in [0.25, 0.3) is 0 Å². The van der Waals surface area contributed by atoms with Crippen LogP contribution in [-0.2, 0) is 28.5 Å². The van der Waals surface area contributed by atoms with Gasteiger partial charge in [-0.05, 0) is 53.4 Å². The molecule has 2 aliphatic rings. The van der Waals surface area contributed by atoms with Gasteiger partial charge in [0, 0.05) is 26.1 Å². The standard InChI is InChI=1S/C25H45BFN3O7/c1-18(2)11-15-34-24(3,4)22-21(33-5)19(10-12-25(22)17-35-25)36-23(32)29-14-9-7-6-8-13-28-20(31)16-30-37-26-27/h11,19,21-22,26,30H,6-10,12-17H2,1-5H3,(H,28,31)(H,29,32)/t19?,21?,22?,25-/m0/s1. The van der Waals surface area contributed by atoms with E-state index in [9.17, 15) is 13.9 Å². The first-order chi connectivity index (χ1) is 17.6. The van der Waals surface area contributed by atoms with Gasteiger partial charge in [0.1, 0.15) is 12.2 Å². The molecule has 2 fully saturated rings. The van der Waals surface area contributed by atoms with Crippen molar-refractivity contribution < 1.29 is 37.6 Å². The summed E-state index contributed by atoms with van der Waals surface area (Å²) in [6.45, 7) is 10.3. The number of carbonyl (C=O) groups is 2. The summed E-state index contributed by atoms with van der Waals surface area (Å²) in [5.74, 6) is -0.325. The molecule has 1 spiro atoms. The normalized spacial score (nSPS) is 24.9. The lowest BCUT2D eigenvalue weighted by atomic mass is 9.68. The van der Waals surface area contributed by atoms with Crippen molar-refractivity contribution in [3.05, 3.63) is 11.6 Å². The zero-order chi connectivity index (χ0) is 27.3. The number of hydrogen-bond acceptors (Lipinski definition) is 8. The SMILES string of the molecule is COC1C(OC(=O)NCCCCCCNC(=O)CNOBF)CC[C@]2(CO2)C1C(C)(C)OCC=C(C)C. The van der Waals surface area contributed by atoms with Crippen molar-refractivity contribution in [2.75, 3.05) is 40.0 Å². The lowest BCUT2D eigenvalue weighted by Crippen LogP contribution is -2.59. The number of alkyl carbamates (subject to hydrolysis) is 1. The van der Waals surface area contributed by atoms with Crippen molar-refractivity contribution in [1.29, 1.82) is 0 Å². The van der Waals surface area contributed by atoms with E-state index < -0.39 is 19.5 Å². The Labute approximate surface area is 221 Å². The molecule has 3 N–H and O–H groups in total. The minimum absolute atomic E-state index is 0.0744. The molecule has 3 unspecified atom stereocenters. The molecule has 212 valence electrons. The summed E-state index contributed by atoms with van der Waals surface area (Å²) < 4.78 is 39.9. The predicted molar refractivity (Wildman–Crippen MR) is 139 cm³/mol. The molecule has 12 heteroatoms. The second kappa shape index (κ2) is 15.6. The summed E-state index contributed by atoms with van der Waals surface area (Å²) >= 11 is 0. The van der Waals surface area contributed by atoms with Crippen LogP contribution in [-0.4, -0.2) is 83.1 Å². The maximum absolute atomic E-state index is 12.5. The Balaban J connectivity index is 1.71. The van der Waals surface area contributed by atoms with Crippen LogP contribution in [0.5, 0.6) is 0 Å². The summed E-state index contributed by atoms with van der Waals surface area (Å²) in [7, 11) is 0.666. The van der Waals surface area contributed by atoms with Gasteiger partial charge in [-0.15, -0.1) is 0 Å². The number of nitrogens with one attached hydrogen (secondary N) is 3. The van der Waals surface area contributed by atoms with Crippen LogP contribution in [0, 0.1) is 5.92 Å². The third kappa shape index (κ3) is 10.5. The third-order valence-electron chi connectivity index (χ3n) is 6.94. The Morgan fingerprint density at radius 3 is 2.43 bits per heavy atom. The minimum Gasteiger partial charge on any atom is -0.443 e. The molecular weight excluding hydrogens is 484 g/mol. The fraction of sp³-hybridized carbons (Fsp3) is 0.840. The van der Waals surface area contributed by atoms with E-state index in [2.05, 4.69) is 40.8 Å². The lowest BCUT2D eigenvalue weighted by molar-refractivity contribution is -0.172. The number of hydrogen-bond donors (Lipinski definition) is 3. The van der Waals surface area contributed by atoms with Gasteiger partial charge in [0.2, 0.25) is 5.91 Å². The molecule has 1 aliphatic heterocycles. The van der Waals surface area contributed by atoms with Gasteiger partial charge >= 0.3 is 13.9 Å². The molecule has 0 radical (unpaired) electrons. The quantitative estimate of drug-likeness (QED) is 0.0865. The Kier molecular flexibility index (Phi) is 13.3. The number of amides is 2. The van der Waals surface area contributed by atoms with Gasteiger partial charge in [0.15, 0.2) is 0 Å². The van der Waals surface area contributed by atoms with E-state index in [1.807, 2.05) is 13.8 Å². The molecule has 1 aliphatic carbocycles. The highest BCUT2D eigenvalue weighted by molar-refractivity contribution is 6.16. The number of rotatable bonds is 17. The van der Waals surface area contributed by atoms with E-state index in [1.165, 1.54) is 5.57 Å². The summed E-state index contributed by atoms with van der Waals surface area (Å²) in [6.07, 6.45) is 5.78. The summed E-state index contributed by atoms with van der Waals surface area (Å²) in [5.41, 5.74) is 2.59. The fourth-order valence-corrected chi connectivity index (χ4v) is 5.01. The van der Waals surface area contributed by atoms with Gasteiger partial charge in [-0.1, -0.05) is 24.5 Å². The van der Waals surface area contributed by atoms with Gasteiger partial charge in [-0.25, -0.2) is 10.3 Å². The van der Waals surface area contributed by atoms with Crippen LogP contribution in [0.25, 0.3) is 0 Å². The monoisotopic (exact) mass is 529 g/mol. The van der Waals surface area contributed by atoms with Gasteiger partial charge in [-0.2, -0.15) is 0 Å². The number of halogens is 1. The Bertz CT molecular complexity index is 748. The lowest BCUT2D eigenvalue weighted by Gasteiger charge is -2.47. The van der Waals surface area contributed by atoms with E-state index in [4.69, 9.17) is 18.9 Å². The number of carbonyl (C=O) groups excluding carboxylic acids is 2. The number of hydroxylamine groups is 1. The maximum atomic E-state index is 12.5. The number of epoxide rings is 1. The largest absolute Gasteiger partial charge is 0.498 e. The second-order valence-electron chi connectivity index (χ2n) is 10.5. The molecule has 0 aromatic heterocycles. The van der Waals surface area contributed by atoms with E-state index in [-0.39, 0.29) is 36.2 Å². The Morgan fingerprint density at radius 2 is 1.84 bits per heavy atom. The van der Waals surface area contributed by atoms with E-state index in [0.717, 1.165) is 32.1 Å². The Hall–Kier alpha value is -1.73. The minimum atomic E-state index is -0.983. The highest BCUT2D eigenvalue weighted by Gasteiger charge is 2.64. The summed E-state index contributed by atoms with van der Waals surface area (Å²) in [5, 5.41) is 5.56. The molecule has 4 atom stereocenters. The average Bonchev–Trinajstić information content (AvgIpc) is 3.60. The van der Waals surface area contributed by atoms with Crippen molar-refractivity contribution in [2.24, 2.45) is 5.92 Å². The first kappa shape index (κ1) is 31.5. The molecule has 0 aromatic carbocycles. The molecule has 0 bridgehead atoms. The van der Waals surface area contributed by atoms with Crippen molar-refractivity contribution in [1.82, 2.24) is 16.1 Å². The van der Waals surface area contributed by atoms with Crippen molar-refractivity contribution in [3.63, 3.8) is 0 Å². The van der Waals surface area contributed by atoms with Gasteiger partial charge in [0.05, 0.1) is 31.0 Å². The summed E-state index contributed by atoms with van der Waals surface area (Å²) in [6, 6.07) is 0. The predicted octanol–water partition coefficient (Wildman–Crippen LogP) is 2.47. The molecule has 10 nitrogen and oxygen atoms in total. The number of ether oxygens (including phenoxy) is 4. The molecule has 2 rings (SSSR count). The topological polar surface area (TPSA) is 120 Å². The van der Waals surface area contributed by atoms with Crippen LogP contribution in [0.2, 0.25) is 0 Å². The molecule has 2 amide bonds. The summed E-state index contributed by atoms with van der Waals surface area (Å²) in [4.78, 5) is 24.0. The van der Waals surface area contributed by atoms with E-state index >= 15 is 0 Å². The molecule has 1 heterocycles. The average molecular weight is 529 g/mol. The van der Waals surface area contributed by atoms with Crippen LogP contribution >= 0.6 is 0 Å². The van der Waals surface area contributed by atoms with Gasteiger partial charge < -0.3 is 34.3 Å². The van der Waals surface area contributed by atoms with Crippen LogP contribution < -0.4 is 16.1 Å². The third-order valence-corrected chi connectivity index (χ3v) is 6.94. The fourth-order valence-electron chi connectivity index (χ4n) is 5.01. The molecule has 0 aromatic rings. The second-order valence-corrected chi connectivity index (χ2v) is 10.5. The molecule has 1 saturated heterocycles. The van der Waals surface area contributed by atoms with Crippen molar-refractivity contribution in [2.45, 2.75) is 89.6 Å². The van der Waals surface area contributed by atoms with Crippen molar-refractivity contribution >= 4 is 19.8 Å². The first-order valence-corrected chi connectivity index (χ1v) is 13.2. The highest BCUT2D eigenvalue weighted by Crippen LogP contribution is 2.52. The molecular formula is C25H45BFN3O7. The molecule has 1 saturated carbocycles. The molecule has 37 heavy (non-hydrogen) atoms. The Morgan fingerprint density at radius 1 is 1.16 bits per heavy atom. The van der Waals surface area contributed by atoms with Crippen LogP contribution in [0.4, 0.5) is 9.11 Å². The van der Waals surface area contributed by atoms with Gasteiger partial charge in [-0.3, -0.25) is 9.11 Å². The van der Waals surface area contributed by atoms with E-state index in [0.29, 0.717) is 32.7 Å². The van der Waals surface area contributed by atoms with Crippen LogP contribution in [0.3, 0.4) is 0 Å². The maximum Gasteiger partial charge on any atom is 0.498 e.